The van der Waals surface area contributed by atoms with E-state index in [0.717, 1.165) is 83.5 Å². The zero-order valence-electron chi connectivity index (χ0n) is 33.0. The average Bonchev–Trinajstić information content (AvgIpc) is 3.16. The summed E-state index contributed by atoms with van der Waals surface area (Å²) in [6, 6.07) is 0. The Morgan fingerprint density at radius 1 is 0.623 bits per heavy atom. The van der Waals surface area contributed by atoms with Crippen LogP contribution in [0.2, 0.25) is 0 Å². The lowest BCUT2D eigenvalue weighted by atomic mass is 9.99. The highest BCUT2D eigenvalue weighted by Gasteiger charge is 2.44. The Balaban J connectivity index is 2.28. The van der Waals surface area contributed by atoms with Crippen molar-refractivity contribution in [1.29, 1.82) is 0 Å². The minimum atomic E-state index is -1.54. The third-order valence-corrected chi connectivity index (χ3v) is 8.89. The lowest BCUT2D eigenvalue weighted by Crippen LogP contribution is -2.59. The molecule has 9 nitrogen and oxygen atoms in total. The molecule has 1 saturated heterocycles. The summed E-state index contributed by atoms with van der Waals surface area (Å²) in [5, 5.41) is 39.9. The summed E-state index contributed by atoms with van der Waals surface area (Å²) < 4.78 is 22.6. The molecule has 4 N–H and O–H groups in total. The van der Waals surface area contributed by atoms with Crippen LogP contribution in [-0.4, -0.2) is 89.6 Å². The van der Waals surface area contributed by atoms with E-state index in [1.807, 2.05) is 0 Å². The van der Waals surface area contributed by atoms with E-state index in [9.17, 15) is 25.2 Å². The molecule has 0 radical (unpaired) electrons. The molecular weight excluding hydrogens is 672 g/mol. The highest BCUT2D eigenvalue weighted by atomic mass is 16.7. The molecule has 1 aliphatic heterocycles. The van der Waals surface area contributed by atoms with E-state index in [1.54, 1.807) is 0 Å². The molecule has 0 bridgehead atoms. The van der Waals surface area contributed by atoms with Gasteiger partial charge in [0.25, 0.3) is 0 Å². The van der Waals surface area contributed by atoms with Crippen molar-refractivity contribution in [1.82, 2.24) is 0 Å². The lowest BCUT2D eigenvalue weighted by Gasteiger charge is -2.39. The summed E-state index contributed by atoms with van der Waals surface area (Å²) in [6.07, 6.45) is 38.0. The maximum Gasteiger partial charge on any atom is 0.306 e. The minimum Gasteiger partial charge on any atom is -0.457 e. The van der Waals surface area contributed by atoms with Crippen molar-refractivity contribution in [3.8, 4) is 0 Å². The molecule has 0 saturated carbocycles. The van der Waals surface area contributed by atoms with E-state index >= 15 is 0 Å². The molecule has 6 unspecified atom stereocenters. The molecule has 304 valence electrons. The second-order valence-corrected chi connectivity index (χ2v) is 13.7. The number of unbranched alkanes of at least 4 members (excludes halogenated alkanes) is 10. The van der Waals surface area contributed by atoms with Crippen molar-refractivity contribution < 1.29 is 44.2 Å². The SMILES string of the molecule is CC/C=C\C/C=C\C/C=C\C/C=C\C/C=C\C/C=C\CCCCCOCC(COC1OC(CO)C(O)C(O)C1O)OC(=O)CCCCCCCCCC. The fourth-order valence-electron chi connectivity index (χ4n) is 5.67. The third kappa shape index (κ3) is 27.0. The predicted octanol–water partition coefficient (Wildman–Crippen LogP) is 8.52. The molecule has 0 aliphatic carbocycles. The molecule has 0 aromatic carbocycles. The molecular formula is C44H74O9. The lowest BCUT2D eigenvalue weighted by molar-refractivity contribution is -0.305. The van der Waals surface area contributed by atoms with E-state index in [0.29, 0.717) is 13.0 Å². The standard InChI is InChI=1S/C44H74O9/c1-3-5-7-9-11-13-14-15-16-17-18-19-20-21-22-23-24-25-26-28-30-32-34-50-36-38(52-40(46)33-31-29-27-12-10-8-6-4-2)37-51-44-43(49)42(48)41(47)39(35-45)53-44/h5,7,11,13,15-16,18-19,21-22,24-25,38-39,41-45,47-49H,3-4,6,8-10,12,14,17,20,23,26-37H2,1-2H3/b7-5-,13-11-,16-15-,19-18-,22-21-,25-24-. The van der Waals surface area contributed by atoms with Gasteiger partial charge in [0.1, 0.15) is 30.5 Å². The fraction of sp³-hybridized carbons (Fsp3) is 0.705. The van der Waals surface area contributed by atoms with Crippen LogP contribution in [0.1, 0.15) is 136 Å². The average molecular weight is 747 g/mol. The van der Waals surface area contributed by atoms with Crippen LogP contribution in [0.3, 0.4) is 0 Å². The summed E-state index contributed by atoms with van der Waals surface area (Å²) in [6.45, 7) is 4.30. The highest BCUT2D eigenvalue weighted by molar-refractivity contribution is 5.69. The maximum atomic E-state index is 12.6. The topological polar surface area (TPSA) is 135 Å². The first kappa shape index (κ1) is 48.6. The molecule has 6 atom stereocenters. The van der Waals surface area contributed by atoms with Gasteiger partial charge >= 0.3 is 5.97 Å². The minimum absolute atomic E-state index is 0.119. The van der Waals surface area contributed by atoms with E-state index in [2.05, 4.69) is 86.8 Å². The molecule has 53 heavy (non-hydrogen) atoms. The maximum absolute atomic E-state index is 12.6. The van der Waals surface area contributed by atoms with E-state index in [4.69, 9.17) is 18.9 Å². The number of hydrogen-bond donors (Lipinski definition) is 4. The Kier molecular flexibility index (Phi) is 32.4. The van der Waals surface area contributed by atoms with Gasteiger partial charge in [0.2, 0.25) is 0 Å². The molecule has 1 rings (SSSR count). The molecule has 9 heteroatoms. The summed E-state index contributed by atoms with van der Waals surface area (Å²) in [5.74, 6) is -0.335. The number of allylic oxidation sites excluding steroid dienone is 12. The number of rotatable bonds is 33. The number of esters is 1. The number of aliphatic hydroxyl groups excluding tert-OH is 4. The summed E-state index contributed by atoms with van der Waals surface area (Å²) in [5.41, 5.74) is 0. The van der Waals surface area contributed by atoms with Gasteiger partial charge in [-0.1, -0.05) is 138 Å². The molecule has 0 amide bonds. The number of carbonyl (C=O) groups is 1. The Bertz CT molecular complexity index is 1030. The zero-order valence-corrected chi connectivity index (χ0v) is 33.0. The van der Waals surface area contributed by atoms with Crippen LogP contribution in [0.5, 0.6) is 0 Å². The van der Waals surface area contributed by atoms with Crippen LogP contribution < -0.4 is 0 Å². The first-order chi connectivity index (χ1) is 25.9. The smallest absolute Gasteiger partial charge is 0.306 e. The van der Waals surface area contributed by atoms with Crippen molar-refractivity contribution in [3.63, 3.8) is 0 Å². The second-order valence-electron chi connectivity index (χ2n) is 13.7. The first-order valence-corrected chi connectivity index (χ1v) is 20.5. The van der Waals surface area contributed by atoms with Gasteiger partial charge in [-0.2, -0.15) is 0 Å². The van der Waals surface area contributed by atoms with Crippen LogP contribution >= 0.6 is 0 Å². The van der Waals surface area contributed by atoms with Crippen molar-refractivity contribution in [2.24, 2.45) is 0 Å². The summed E-state index contributed by atoms with van der Waals surface area (Å²) >= 11 is 0. The number of hydrogen-bond acceptors (Lipinski definition) is 9. The van der Waals surface area contributed by atoms with E-state index in [-0.39, 0.29) is 19.2 Å². The van der Waals surface area contributed by atoms with Crippen LogP contribution in [0, 0.1) is 0 Å². The Labute approximate surface area is 321 Å². The highest BCUT2D eigenvalue weighted by Crippen LogP contribution is 2.22. The Hall–Kier alpha value is -2.37. The van der Waals surface area contributed by atoms with Gasteiger partial charge in [0.05, 0.1) is 19.8 Å². The summed E-state index contributed by atoms with van der Waals surface area (Å²) in [7, 11) is 0. The molecule has 0 aromatic rings. The number of carbonyl (C=O) groups excluding carboxylic acids is 1. The predicted molar refractivity (Wildman–Crippen MR) is 214 cm³/mol. The Morgan fingerprint density at radius 3 is 1.72 bits per heavy atom. The van der Waals surface area contributed by atoms with Crippen LogP contribution in [-0.2, 0) is 23.7 Å². The van der Waals surface area contributed by atoms with Crippen LogP contribution in [0.4, 0.5) is 0 Å². The van der Waals surface area contributed by atoms with Gasteiger partial charge < -0.3 is 39.4 Å². The zero-order chi connectivity index (χ0) is 38.6. The van der Waals surface area contributed by atoms with Crippen molar-refractivity contribution >= 4 is 5.97 Å². The number of ether oxygens (including phenoxy) is 4. The molecule has 1 heterocycles. The van der Waals surface area contributed by atoms with Crippen LogP contribution in [0.25, 0.3) is 0 Å². The monoisotopic (exact) mass is 747 g/mol. The number of aliphatic hydroxyl groups is 4. The normalized spacial score (nSPS) is 21.8. The van der Waals surface area contributed by atoms with Gasteiger partial charge in [-0.05, 0) is 64.2 Å². The van der Waals surface area contributed by atoms with Crippen molar-refractivity contribution in [2.75, 3.05) is 26.4 Å². The van der Waals surface area contributed by atoms with Gasteiger partial charge in [0.15, 0.2) is 6.29 Å². The van der Waals surface area contributed by atoms with Gasteiger partial charge in [-0.25, -0.2) is 0 Å². The molecule has 0 spiro atoms. The van der Waals surface area contributed by atoms with Gasteiger partial charge in [-0.15, -0.1) is 0 Å². The molecule has 0 aromatic heterocycles. The van der Waals surface area contributed by atoms with E-state index < -0.39 is 43.4 Å². The third-order valence-electron chi connectivity index (χ3n) is 8.89. The van der Waals surface area contributed by atoms with Crippen molar-refractivity contribution in [3.05, 3.63) is 72.9 Å². The van der Waals surface area contributed by atoms with Gasteiger partial charge in [-0.3, -0.25) is 4.79 Å². The quantitative estimate of drug-likeness (QED) is 0.0296. The molecule has 1 fully saturated rings. The fourth-order valence-corrected chi connectivity index (χ4v) is 5.67. The van der Waals surface area contributed by atoms with Crippen LogP contribution in [0.15, 0.2) is 72.9 Å². The summed E-state index contributed by atoms with van der Waals surface area (Å²) in [4.78, 5) is 12.6. The van der Waals surface area contributed by atoms with Crippen molar-refractivity contribution in [2.45, 2.75) is 173 Å². The molecule has 1 aliphatic rings. The second kappa shape index (κ2) is 35.3. The Morgan fingerprint density at radius 2 is 1.15 bits per heavy atom. The first-order valence-electron chi connectivity index (χ1n) is 20.5. The largest absolute Gasteiger partial charge is 0.457 e. The van der Waals surface area contributed by atoms with E-state index in [1.165, 1.54) is 32.1 Å². The van der Waals surface area contributed by atoms with Gasteiger partial charge in [0, 0.05) is 13.0 Å².